The molecule has 0 saturated heterocycles. The minimum atomic E-state index is -1.20. The van der Waals surface area contributed by atoms with Crippen LogP contribution < -0.4 is 34.7 Å². The zero-order valence-electron chi connectivity index (χ0n) is 13.4. The Kier molecular flexibility index (Phi) is 14.0. The summed E-state index contributed by atoms with van der Waals surface area (Å²) in [4.78, 5) is 15.1. The Bertz CT molecular complexity index is 464. The van der Waals surface area contributed by atoms with Crippen molar-refractivity contribution in [3.8, 4) is 0 Å². The molecule has 3 rings (SSSR count). The second-order valence-corrected chi connectivity index (χ2v) is 4.59. The number of carboxylic acids is 1. The molecule has 0 spiro atoms. The quantitative estimate of drug-likeness (QED) is 0.504. The fourth-order valence-electron chi connectivity index (χ4n) is 1.87. The van der Waals surface area contributed by atoms with E-state index in [1.54, 1.807) is 30.5 Å². The largest absolute Gasteiger partial charge is 2.00 e. The summed E-state index contributed by atoms with van der Waals surface area (Å²) in [6, 6.07) is 7.89. The van der Waals surface area contributed by atoms with Gasteiger partial charge in [-0.05, 0) is 63.4 Å². The first kappa shape index (κ1) is 23.9. The average Bonchev–Trinajstić information content (AvgIpc) is 3.25. The maximum Gasteiger partial charge on any atom is 2.00 e. The van der Waals surface area contributed by atoms with Gasteiger partial charge in [-0.3, -0.25) is 4.99 Å². The molecule has 10 radical (unpaired) electrons. The molecule has 0 unspecified atom stereocenters. The molecule has 0 N–H and O–H groups in total. The molecule has 2 aliphatic rings. The Morgan fingerprint density at radius 3 is 1.88 bits per heavy atom. The smallest absolute Gasteiger partial charge is 0.547 e. The van der Waals surface area contributed by atoms with E-state index in [0.717, 1.165) is 5.92 Å². The van der Waals surface area contributed by atoms with E-state index in [2.05, 4.69) is 4.99 Å². The van der Waals surface area contributed by atoms with Gasteiger partial charge in [0.2, 0.25) is 0 Å². The molecule has 5 heteroatoms. The molecule has 0 aliphatic heterocycles. The first-order valence-corrected chi connectivity index (χ1v) is 6.95. The van der Waals surface area contributed by atoms with Crippen molar-refractivity contribution in [1.82, 2.24) is 0 Å². The Balaban J connectivity index is 0.000000652. The van der Waals surface area contributed by atoms with Gasteiger partial charge in [-0.2, -0.15) is 0 Å². The van der Waals surface area contributed by atoms with Crippen LogP contribution in [-0.2, 0) is 21.9 Å². The Labute approximate surface area is 178 Å². The third kappa shape index (κ3) is 8.82. The van der Waals surface area contributed by atoms with Gasteiger partial charge in [0.1, 0.15) is 6.04 Å². The monoisotopic (exact) mass is 369 g/mol. The molecule has 1 aromatic rings. The van der Waals surface area contributed by atoms with E-state index >= 15 is 0 Å². The Morgan fingerprint density at radius 2 is 1.42 bits per heavy atom. The van der Waals surface area contributed by atoms with Crippen LogP contribution >= 0.6 is 0 Å². The number of nitrogens with zero attached hydrogens (tertiary/aromatic N) is 1. The summed E-state index contributed by atoms with van der Waals surface area (Å²) >= 11 is 0. The number of hydrogen-bond acceptors (Lipinski definition) is 3. The van der Waals surface area contributed by atoms with Crippen LogP contribution in [0.1, 0.15) is 11.6 Å². The maximum atomic E-state index is 11.0. The van der Waals surface area contributed by atoms with Gasteiger partial charge in [0.25, 0.3) is 0 Å². The molecule has 116 valence electrons. The number of benzene rings is 1. The van der Waals surface area contributed by atoms with Gasteiger partial charge >= 0.3 is 46.6 Å². The molecule has 1 aromatic carbocycles. The van der Waals surface area contributed by atoms with E-state index in [1.165, 1.54) is 0 Å². The van der Waals surface area contributed by atoms with E-state index in [9.17, 15) is 9.90 Å². The van der Waals surface area contributed by atoms with E-state index in [0.29, 0.717) is 5.56 Å². The van der Waals surface area contributed by atoms with Gasteiger partial charge in [-0.25, -0.2) is 0 Å². The number of carbonyl (C=O) groups excluding carboxylic acids is 1. The summed E-state index contributed by atoms with van der Waals surface area (Å²) in [7, 11) is 0. The van der Waals surface area contributed by atoms with Gasteiger partial charge in [0.05, 0.1) is 5.97 Å². The SMILES string of the molecule is O=C([O-])[C@H](N=C[C]1[CH][CH][CH][CH]1)c1ccccc1.[CH]1[CH][CH][CH][CH]1.[Fe+2].[Na+]. The molecule has 0 amide bonds. The summed E-state index contributed by atoms with van der Waals surface area (Å²) in [5, 5.41) is 11.0. The predicted octanol–water partition coefficient (Wildman–Crippen LogP) is -1.02. The Hall–Kier alpha value is -0.121. The number of rotatable bonds is 4. The normalized spacial score (nSPS) is 18.2. The summed E-state index contributed by atoms with van der Waals surface area (Å²) in [6.07, 6.45) is 19.0. The fourth-order valence-corrected chi connectivity index (χ4v) is 1.87. The number of carboxylic acid groups (broad SMARTS) is 1. The molecule has 2 fully saturated rings. The summed E-state index contributed by atoms with van der Waals surface area (Å²) in [5.74, 6) is -0.314. The number of aliphatic imine (C=N–C) groups is 1. The molecule has 0 bridgehead atoms. The summed E-state index contributed by atoms with van der Waals surface area (Å²) in [5.41, 5.74) is 0.621. The van der Waals surface area contributed by atoms with Gasteiger partial charge in [0.15, 0.2) is 0 Å². The van der Waals surface area contributed by atoms with Crippen LogP contribution in [0.25, 0.3) is 0 Å². The molecule has 0 heterocycles. The second-order valence-electron chi connectivity index (χ2n) is 4.59. The standard InChI is InChI=1S/C14H12NO2.C5H5.Fe.Na/c16-14(17)13(12-8-2-1-3-9-12)15-10-11-6-4-5-7-11;1-2-4-5-3-1;;/h1-10,13H,(H,16,17);1-5H;;/q;;+2;+1/p-1/t13-;;;/m1.../s1. The van der Waals surface area contributed by atoms with Crippen molar-refractivity contribution in [1.29, 1.82) is 0 Å². The topological polar surface area (TPSA) is 52.5 Å². The van der Waals surface area contributed by atoms with Crippen molar-refractivity contribution in [2.45, 2.75) is 6.04 Å². The number of carbonyl (C=O) groups is 1. The second kappa shape index (κ2) is 14.1. The summed E-state index contributed by atoms with van der Waals surface area (Å²) in [6.45, 7) is 0. The number of hydrogen-bond donors (Lipinski definition) is 0. The zero-order chi connectivity index (χ0) is 15.6. The molecule has 1 atom stereocenters. The maximum absolute atomic E-state index is 11.0. The minimum Gasteiger partial charge on any atom is -0.547 e. The van der Waals surface area contributed by atoms with Crippen molar-refractivity contribution in [2.24, 2.45) is 4.99 Å². The molecule has 2 saturated carbocycles. The Morgan fingerprint density at radius 1 is 0.917 bits per heavy atom. The van der Waals surface area contributed by atoms with Crippen LogP contribution in [0.5, 0.6) is 0 Å². The van der Waals surface area contributed by atoms with E-state index in [-0.39, 0.29) is 46.6 Å². The van der Waals surface area contributed by atoms with Crippen LogP contribution in [-0.4, -0.2) is 12.2 Å². The molecular formula is C19H16FeNNaO2+2. The van der Waals surface area contributed by atoms with E-state index in [1.807, 2.05) is 63.9 Å². The molecule has 3 nitrogen and oxygen atoms in total. The third-order valence-corrected chi connectivity index (χ3v) is 2.96. The molecular weight excluding hydrogens is 353 g/mol. The molecule has 2 aliphatic carbocycles. The summed E-state index contributed by atoms with van der Waals surface area (Å²) < 4.78 is 0. The van der Waals surface area contributed by atoms with E-state index in [4.69, 9.17) is 0 Å². The van der Waals surface area contributed by atoms with Crippen molar-refractivity contribution < 1.29 is 56.5 Å². The predicted molar refractivity (Wildman–Crippen MR) is 84.6 cm³/mol. The van der Waals surface area contributed by atoms with Crippen LogP contribution in [0, 0.1) is 63.7 Å². The van der Waals surface area contributed by atoms with Crippen molar-refractivity contribution in [3.05, 3.63) is 99.6 Å². The molecule has 0 aromatic heterocycles. The zero-order valence-corrected chi connectivity index (χ0v) is 16.5. The first-order valence-electron chi connectivity index (χ1n) is 6.95. The van der Waals surface area contributed by atoms with Crippen molar-refractivity contribution in [2.75, 3.05) is 0 Å². The molecule has 24 heavy (non-hydrogen) atoms. The number of aliphatic carboxylic acids is 1. The van der Waals surface area contributed by atoms with Gasteiger partial charge in [-0.15, -0.1) is 0 Å². The van der Waals surface area contributed by atoms with Crippen molar-refractivity contribution >= 4 is 12.2 Å². The van der Waals surface area contributed by atoms with Gasteiger partial charge in [0, 0.05) is 12.1 Å². The van der Waals surface area contributed by atoms with Crippen LogP contribution in [0.15, 0.2) is 35.3 Å². The van der Waals surface area contributed by atoms with Crippen LogP contribution in [0.4, 0.5) is 0 Å². The van der Waals surface area contributed by atoms with Crippen LogP contribution in [0.2, 0.25) is 0 Å². The fraction of sp³-hybridized carbons (Fsp3) is 0.0526. The van der Waals surface area contributed by atoms with E-state index < -0.39 is 12.0 Å². The van der Waals surface area contributed by atoms with Crippen molar-refractivity contribution in [3.63, 3.8) is 0 Å². The first-order chi connectivity index (χ1) is 10.8. The van der Waals surface area contributed by atoms with Gasteiger partial charge < -0.3 is 9.90 Å². The van der Waals surface area contributed by atoms with Gasteiger partial charge in [-0.1, -0.05) is 30.3 Å². The minimum absolute atomic E-state index is 0. The van der Waals surface area contributed by atoms with Crippen LogP contribution in [0.3, 0.4) is 0 Å². The third-order valence-electron chi connectivity index (χ3n) is 2.96. The average molecular weight is 369 g/mol.